The Kier molecular flexibility index (Phi) is 8.07. The number of halogens is 4. The molecular weight excluding hydrogens is 578 g/mol. The number of benzene rings is 3. The highest BCUT2D eigenvalue weighted by Crippen LogP contribution is 2.35. The van der Waals surface area contributed by atoms with E-state index in [9.17, 15) is 23.2 Å². The molecule has 1 saturated heterocycles. The van der Waals surface area contributed by atoms with Crippen LogP contribution in [0.3, 0.4) is 0 Å². The number of hydrogen-bond donors (Lipinski definition) is 1. The van der Waals surface area contributed by atoms with Crippen LogP contribution in [-0.4, -0.2) is 28.5 Å². The van der Waals surface area contributed by atoms with Crippen molar-refractivity contribution in [3.63, 3.8) is 0 Å². The number of amides is 3. The van der Waals surface area contributed by atoms with E-state index in [0.717, 1.165) is 11.0 Å². The van der Waals surface area contributed by atoms with Crippen LogP contribution in [0.15, 0.2) is 70.0 Å². The molecule has 1 fully saturated rings. The quantitative estimate of drug-likeness (QED) is 0.311. The average Bonchev–Trinajstić information content (AvgIpc) is 3.09. The van der Waals surface area contributed by atoms with E-state index in [-0.39, 0.29) is 22.2 Å². The van der Waals surface area contributed by atoms with E-state index >= 15 is 0 Å². The zero-order valence-electron chi connectivity index (χ0n) is 18.3. The van der Waals surface area contributed by atoms with Gasteiger partial charge in [0.2, 0.25) is 5.91 Å². The van der Waals surface area contributed by atoms with Crippen LogP contribution < -0.4 is 10.1 Å². The lowest BCUT2D eigenvalue weighted by atomic mass is 10.1. The lowest BCUT2D eigenvalue weighted by molar-refractivity contribution is -0.127. The molecule has 1 aliphatic rings. The van der Waals surface area contributed by atoms with Crippen molar-refractivity contribution in [3.8, 4) is 5.75 Å². The molecule has 0 radical (unpaired) electrons. The van der Waals surface area contributed by atoms with Crippen molar-refractivity contribution in [2.75, 3.05) is 11.9 Å². The molecule has 1 heterocycles. The van der Waals surface area contributed by atoms with Gasteiger partial charge in [0.05, 0.1) is 9.93 Å². The molecule has 0 saturated carbocycles. The number of thioether (sulfide) groups is 1. The Labute approximate surface area is 222 Å². The van der Waals surface area contributed by atoms with E-state index in [0.29, 0.717) is 33.1 Å². The molecule has 0 aromatic heterocycles. The molecule has 0 bridgehead atoms. The molecule has 4 rings (SSSR count). The number of nitrogens with one attached hydrogen (secondary N) is 1. The van der Waals surface area contributed by atoms with Gasteiger partial charge in [0.1, 0.15) is 30.5 Å². The minimum absolute atomic E-state index is 0.0375. The minimum atomic E-state index is -0.655. The van der Waals surface area contributed by atoms with Gasteiger partial charge >= 0.3 is 0 Å². The average molecular weight is 594 g/mol. The van der Waals surface area contributed by atoms with Crippen molar-refractivity contribution in [2.24, 2.45) is 0 Å². The molecule has 0 atom stereocenters. The van der Waals surface area contributed by atoms with Crippen LogP contribution >= 0.6 is 39.3 Å². The number of anilines is 1. The van der Waals surface area contributed by atoms with E-state index in [1.807, 2.05) is 0 Å². The maximum atomic E-state index is 14.0. The molecule has 0 spiro atoms. The number of hydrogen-bond acceptors (Lipinski definition) is 5. The van der Waals surface area contributed by atoms with Gasteiger partial charge < -0.3 is 10.1 Å². The number of carbonyl (C=O) groups is 3. The summed E-state index contributed by atoms with van der Waals surface area (Å²) in [5, 5.41) is 1.67. The largest absolute Gasteiger partial charge is 0.488 e. The molecule has 11 heteroatoms. The van der Waals surface area contributed by atoms with Crippen molar-refractivity contribution < 1.29 is 27.9 Å². The Morgan fingerprint density at radius 3 is 2.61 bits per heavy atom. The van der Waals surface area contributed by atoms with Gasteiger partial charge in [0.25, 0.3) is 11.1 Å². The van der Waals surface area contributed by atoms with E-state index in [4.69, 9.17) is 16.3 Å². The summed E-state index contributed by atoms with van der Waals surface area (Å²) in [5.41, 5.74) is 1.07. The predicted octanol–water partition coefficient (Wildman–Crippen LogP) is 6.63. The second kappa shape index (κ2) is 11.2. The van der Waals surface area contributed by atoms with Crippen LogP contribution in [0.2, 0.25) is 5.02 Å². The van der Waals surface area contributed by atoms with Crippen LogP contribution in [0, 0.1) is 11.6 Å². The maximum Gasteiger partial charge on any atom is 0.294 e. The standard InChI is InChI=1S/C25H16BrClF2N2O4S/c26-16-5-8-21(35-13-14-3-1-2-4-19(14)28)15(9-16)10-22-24(33)31(25(34)36-22)12-23(32)30-17-6-7-20(29)18(27)11-17/h1-11H,12-13H2,(H,30,32)/b22-10-. The van der Waals surface area contributed by atoms with Gasteiger partial charge in [-0.3, -0.25) is 19.3 Å². The highest BCUT2D eigenvalue weighted by Gasteiger charge is 2.36. The van der Waals surface area contributed by atoms with E-state index in [2.05, 4.69) is 21.2 Å². The number of ether oxygens (including phenoxy) is 1. The van der Waals surface area contributed by atoms with Gasteiger partial charge in [0.15, 0.2) is 0 Å². The van der Waals surface area contributed by atoms with Crippen molar-refractivity contribution in [2.45, 2.75) is 6.61 Å². The van der Waals surface area contributed by atoms with E-state index < -0.39 is 35.2 Å². The fourth-order valence-electron chi connectivity index (χ4n) is 3.23. The third kappa shape index (κ3) is 6.13. The molecular formula is C25H16BrClF2N2O4S. The molecule has 1 aliphatic heterocycles. The number of imide groups is 1. The summed E-state index contributed by atoms with van der Waals surface area (Å²) in [7, 11) is 0. The van der Waals surface area contributed by atoms with Crippen LogP contribution in [0.25, 0.3) is 6.08 Å². The smallest absolute Gasteiger partial charge is 0.294 e. The van der Waals surface area contributed by atoms with Crippen LogP contribution in [0.5, 0.6) is 5.75 Å². The van der Waals surface area contributed by atoms with Gasteiger partial charge in [-0.25, -0.2) is 8.78 Å². The van der Waals surface area contributed by atoms with Gasteiger partial charge in [-0.2, -0.15) is 0 Å². The van der Waals surface area contributed by atoms with Gasteiger partial charge in [-0.05, 0) is 60.3 Å². The Bertz CT molecular complexity index is 1400. The fraction of sp³-hybridized carbons (Fsp3) is 0.0800. The SMILES string of the molecule is O=C(CN1C(=O)S/C(=C\c2cc(Br)ccc2OCc2ccccc2F)C1=O)Nc1ccc(F)c(Cl)c1. The van der Waals surface area contributed by atoms with Gasteiger partial charge in [-0.15, -0.1) is 0 Å². The Morgan fingerprint density at radius 2 is 1.86 bits per heavy atom. The first-order chi connectivity index (χ1) is 17.2. The lowest BCUT2D eigenvalue weighted by Gasteiger charge is -2.13. The zero-order valence-corrected chi connectivity index (χ0v) is 21.4. The summed E-state index contributed by atoms with van der Waals surface area (Å²) >= 11 is 9.75. The number of carbonyl (C=O) groups excluding carboxylic acids is 3. The molecule has 1 N–H and O–H groups in total. The number of nitrogens with zero attached hydrogens (tertiary/aromatic N) is 1. The topological polar surface area (TPSA) is 75.7 Å². The molecule has 6 nitrogen and oxygen atoms in total. The van der Waals surface area contributed by atoms with Crippen molar-refractivity contribution in [1.82, 2.24) is 4.90 Å². The third-order valence-corrected chi connectivity index (χ3v) is 6.67. The van der Waals surface area contributed by atoms with Gasteiger partial charge in [-0.1, -0.05) is 45.7 Å². The first-order valence-corrected chi connectivity index (χ1v) is 12.4. The van der Waals surface area contributed by atoms with Gasteiger partial charge in [0, 0.05) is 21.3 Å². The highest BCUT2D eigenvalue weighted by molar-refractivity contribution is 9.10. The third-order valence-electron chi connectivity index (χ3n) is 4.98. The zero-order chi connectivity index (χ0) is 25.8. The Hall–Kier alpha value is -3.21. The summed E-state index contributed by atoms with van der Waals surface area (Å²) in [5.74, 6) is -1.98. The molecule has 3 amide bonds. The molecule has 36 heavy (non-hydrogen) atoms. The maximum absolute atomic E-state index is 14.0. The van der Waals surface area contributed by atoms with Crippen LogP contribution in [-0.2, 0) is 16.2 Å². The lowest BCUT2D eigenvalue weighted by Crippen LogP contribution is -2.36. The normalized spacial score (nSPS) is 14.4. The fourth-order valence-corrected chi connectivity index (χ4v) is 4.62. The summed E-state index contributed by atoms with van der Waals surface area (Å²) in [6.45, 7) is -0.573. The minimum Gasteiger partial charge on any atom is -0.488 e. The monoisotopic (exact) mass is 592 g/mol. The number of rotatable bonds is 7. The molecule has 3 aromatic rings. The summed E-state index contributed by atoms with van der Waals surface area (Å²) in [4.78, 5) is 38.6. The van der Waals surface area contributed by atoms with Crippen molar-refractivity contribution in [1.29, 1.82) is 0 Å². The molecule has 184 valence electrons. The predicted molar refractivity (Wildman–Crippen MR) is 138 cm³/mol. The van der Waals surface area contributed by atoms with Crippen molar-refractivity contribution >= 4 is 68.1 Å². The Balaban J connectivity index is 1.48. The second-order valence-electron chi connectivity index (χ2n) is 7.51. The Morgan fingerprint density at radius 1 is 1.08 bits per heavy atom. The second-order valence-corrected chi connectivity index (χ2v) is 9.82. The van der Waals surface area contributed by atoms with Crippen LogP contribution in [0.4, 0.5) is 19.3 Å². The first kappa shape index (κ1) is 25.9. The molecule has 3 aromatic carbocycles. The summed E-state index contributed by atoms with van der Waals surface area (Å²) in [6, 6.07) is 14.9. The van der Waals surface area contributed by atoms with Crippen molar-refractivity contribution in [3.05, 3.63) is 97.8 Å². The van der Waals surface area contributed by atoms with Crippen LogP contribution in [0.1, 0.15) is 11.1 Å². The van der Waals surface area contributed by atoms with E-state index in [1.54, 1.807) is 36.4 Å². The van der Waals surface area contributed by atoms with E-state index in [1.165, 1.54) is 24.3 Å². The summed E-state index contributed by atoms with van der Waals surface area (Å²) < 4.78 is 33.7. The molecule has 0 unspecified atom stereocenters. The summed E-state index contributed by atoms with van der Waals surface area (Å²) in [6.07, 6.45) is 1.48. The highest BCUT2D eigenvalue weighted by atomic mass is 79.9. The first-order valence-electron chi connectivity index (χ1n) is 10.4. The molecule has 0 aliphatic carbocycles.